The Morgan fingerprint density at radius 1 is 0.287 bits per heavy atom. The number of ether oxygens (including phenoxy) is 4. The van der Waals surface area contributed by atoms with Gasteiger partial charge in [0.2, 0.25) is 0 Å². The van der Waals surface area contributed by atoms with E-state index in [1.54, 1.807) is 0 Å². The third-order valence-electron chi connectivity index (χ3n) is 19.5. The Kier molecular flexibility index (Phi) is 70.9. The molecule has 600 valence electrons. The number of hydrogen-bond acceptors (Lipinski definition) is 15. The molecule has 101 heavy (non-hydrogen) atoms. The molecule has 17 nitrogen and oxygen atoms in total. The van der Waals surface area contributed by atoms with Gasteiger partial charge in [0.05, 0.1) is 26.4 Å². The number of rotatable bonds is 80. The minimum absolute atomic E-state index is 0.107. The molecule has 0 rings (SSSR count). The van der Waals surface area contributed by atoms with Gasteiger partial charge in [-0.25, -0.2) is 9.13 Å². The highest BCUT2D eigenvalue weighted by Crippen LogP contribution is 2.45. The summed E-state index contributed by atoms with van der Waals surface area (Å²) < 4.78 is 68.8. The Labute approximate surface area is 619 Å². The zero-order chi connectivity index (χ0) is 74.4. The number of aliphatic hydroxyl groups is 1. The molecule has 0 spiro atoms. The van der Waals surface area contributed by atoms with Crippen molar-refractivity contribution in [1.29, 1.82) is 0 Å². The van der Waals surface area contributed by atoms with Crippen LogP contribution < -0.4 is 0 Å². The van der Waals surface area contributed by atoms with Gasteiger partial charge in [0.25, 0.3) is 0 Å². The number of phosphoric ester groups is 2. The number of hydrogen-bond donors (Lipinski definition) is 3. The molecule has 0 aromatic carbocycles. The molecule has 0 radical (unpaired) electrons. The number of unbranched alkanes of at least 4 members (excludes halogenated alkanes) is 47. The zero-order valence-electron chi connectivity index (χ0n) is 66.4. The molecule has 0 aromatic rings. The summed E-state index contributed by atoms with van der Waals surface area (Å²) in [6.45, 7) is 12.0. The highest BCUT2D eigenvalue weighted by Gasteiger charge is 2.30. The fourth-order valence-electron chi connectivity index (χ4n) is 12.6. The van der Waals surface area contributed by atoms with E-state index in [-0.39, 0.29) is 25.7 Å². The van der Waals surface area contributed by atoms with Crippen molar-refractivity contribution in [2.24, 2.45) is 17.8 Å². The molecule has 0 saturated heterocycles. The molecule has 19 heteroatoms. The third kappa shape index (κ3) is 74.7. The Bertz CT molecular complexity index is 1960. The largest absolute Gasteiger partial charge is 0.472 e. The maximum atomic E-state index is 13.1. The van der Waals surface area contributed by atoms with E-state index in [1.807, 2.05) is 0 Å². The lowest BCUT2D eigenvalue weighted by molar-refractivity contribution is -0.161. The first kappa shape index (κ1) is 99.1. The van der Waals surface area contributed by atoms with Crippen LogP contribution in [0.5, 0.6) is 0 Å². The standard InChI is InChI=1S/C82H160O17P2/c1-8-10-11-12-13-14-15-16-17-21-26-32-37-42-51-58-66-82(87)99-78(70-93-80(85)64-57-50-45-44-48-55-62-75(7)9-2)72-97-101(90,91)95-68-76(83)67-94-100(88,89)96-71-77(69-92-79(84)63-56-49-41-36-31-28-23-25-30-35-40-47-54-61-74(5)6)98-81(86)65-59-52-43-38-33-27-22-19-18-20-24-29-34-39-46-53-60-73(3)4/h73-78,83H,8-72H2,1-7H3,(H,88,89)(H,90,91)/t75?,76-,77-,78-/m1/s1. The van der Waals surface area contributed by atoms with Gasteiger partial charge < -0.3 is 33.8 Å². The molecule has 0 saturated carbocycles. The molecule has 0 fully saturated rings. The first-order valence-corrected chi connectivity index (χ1v) is 45.4. The highest BCUT2D eigenvalue weighted by molar-refractivity contribution is 7.47. The van der Waals surface area contributed by atoms with Crippen LogP contribution in [0, 0.1) is 17.8 Å². The first-order valence-electron chi connectivity index (χ1n) is 42.4. The number of carbonyl (C=O) groups excluding carboxylic acids is 4. The lowest BCUT2D eigenvalue weighted by Gasteiger charge is -2.21. The average molecular weight is 1480 g/mol. The fraction of sp³-hybridized carbons (Fsp3) is 0.951. The SMILES string of the molecule is CCCCCCCCCCCCCCCCCCC(=O)O[C@H](COC(=O)CCCCCCCCC(C)CC)COP(=O)(O)OC[C@H](O)COP(=O)(O)OC[C@@H](COC(=O)CCCCCCCCCCCCCCCC(C)C)OC(=O)CCCCCCCCCCCCCCCCCCC(C)C. The summed E-state index contributed by atoms with van der Waals surface area (Å²) in [5, 5.41) is 10.7. The molecule has 0 aliphatic rings. The lowest BCUT2D eigenvalue weighted by Crippen LogP contribution is -2.30. The predicted molar refractivity (Wildman–Crippen MR) is 414 cm³/mol. The van der Waals surface area contributed by atoms with Crippen molar-refractivity contribution in [2.45, 2.75) is 446 Å². The minimum atomic E-state index is -4.96. The molecule has 0 aromatic heterocycles. The summed E-state index contributed by atoms with van der Waals surface area (Å²) >= 11 is 0. The van der Waals surface area contributed by atoms with Crippen LogP contribution in [0.1, 0.15) is 427 Å². The van der Waals surface area contributed by atoms with Crippen LogP contribution in [0.4, 0.5) is 0 Å². The van der Waals surface area contributed by atoms with Gasteiger partial charge in [-0.3, -0.25) is 37.3 Å². The molecular formula is C82H160O17P2. The summed E-state index contributed by atoms with van der Waals surface area (Å²) in [6, 6.07) is 0. The van der Waals surface area contributed by atoms with Gasteiger partial charge in [-0.2, -0.15) is 0 Å². The fourth-order valence-corrected chi connectivity index (χ4v) is 14.2. The van der Waals surface area contributed by atoms with E-state index < -0.39 is 97.5 Å². The molecule has 6 atom stereocenters. The first-order chi connectivity index (χ1) is 48.8. The monoisotopic (exact) mass is 1480 g/mol. The number of esters is 4. The maximum absolute atomic E-state index is 13.1. The van der Waals surface area contributed by atoms with E-state index in [0.29, 0.717) is 25.7 Å². The second-order valence-electron chi connectivity index (χ2n) is 30.7. The van der Waals surface area contributed by atoms with Gasteiger partial charge in [0.1, 0.15) is 19.3 Å². The van der Waals surface area contributed by atoms with Crippen molar-refractivity contribution in [2.75, 3.05) is 39.6 Å². The van der Waals surface area contributed by atoms with Crippen molar-refractivity contribution in [3.8, 4) is 0 Å². The molecular weight excluding hydrogens is 1320 g/mol. The van der Waals surface area contributed by atoms with E-state index in [0.717, 1.165) is 114 Å². The van der Waals surface area contributed by atoms with Gasteiger partial charge in [-0.15, -0.1) is 0 Å². The molecule has 0 heterocycles. The Hall–Kier alpha value is -1.94. The van der Waals surface area contributed by atoms with Crippen molar-refractivity contribution < 1.29 is 80.2 Å². The van der Waals surface area contributed by atoms with Crippen LogP contribution >= 0.6 is 15.6 Å². The third-order valence-corrected chi connectivity index (χ3v) is 21.4. The van der Waals surface area contributed by atoms with Crippen LogP contribution in [-0.2, 0) is 65.4 Å². The van der Waals surface area contributed by atoms with Crippen molar-refractivity contribution >= 4 is 39.5 Å². The zero-order valence-corrected chi connectivity index (χ0v) is 68.2. The van der Waals surface area contributed by atoms with Crippen LogP contribution in [0.3, 0.4) is 0 Å². The van der Waals surface area contributed by atoms with Gasteiger partial charge in [-0.05, 0) is 43.4 Å². The summed E-state index contributed by atoms with van der Waals surface area (Å²) in [6.07, 6.45) is 61.0. The highest BCUT2D eigenvalue weighted by atomic mass is 31.2. The van der Waals surface area contributed by atoms with Crippen LogP contribution in [0.25, 0.3) is 0 Å². The summed E-state index contributed by atoms with van der Waals surface area (Å²) in [5.41, 5.74) is 0. The molecule has 0 amide bonds. The Balaban J connectivity index is 5.25. The molecule has 0 aliphatic carbocycles. The number of phosphoric acid groups is 2. The lowest BCUT2D eigenvalue weighted by atomic mass is 10.00. The predicted octanol–water partition coefficient (Wildman–Crippen LogP) is 24.5. The van der Waals surface area contributed by atoms with E-state index in [4.69, 9.17) is 37.0 Å². The topological polar surface area (TPSA) is 237 Å². The molecule has 3 unspecified atom stereocenters. The van der Waals surface area contributed by atoms with Crippen LogP contribution in [0.2, 0.25) is 0 Å². The van der Waals surface area contributed by atoms with Crippen LogP contribution in [0.15, 0.2) is 0 Å². The molecule has 0 bridgehead atoms. The normalized spacial score (nSPS) is 14.2. The van der Waals surface area contributed by atoms with Crippen molar-refractivity contribution in [1.82, 2.24) is 0 Å². The minimum Gasteiger partial charge on any atom is -0.462 e. The second kappa shape index (κ2) is 72.3. The van der Waals surface area contributed by atoms with Gasteiger partial charge >= 0.3 is 39.5 Å². The van der Waals surface area contributed by atoms with Crippen molar-refractivity contribution in [3.05, 3.63) is 0 Å². The van der Waals surface area contributed by atoms with Crippen LogP contribution in [-0.4, -0.2) is 96.7 Å². The molecule has 3 N–H and O–H groups in total. The summed E-state index contributed by atoms with van der Waals surface area (Å²) in [7, 11) is -9.92. The summed E-state index contributed by atoms with van der Waals surface area (Å²) in [5.74, 6) is 0.222. The number of carbonyl (C=O) groups is 4. The average Bonchev–Trinajstić information content (AvgIpc) is 0.924. The van der Waals surface area contributed by atoms with Gasteiger partial charge in [0.15, 0.2) is 12.2 Å². The molecule has 0 aliphatic heterocycles. The second-order valence-corrected chi connectivity index (χ2v) is 33.6. The van der Waals surface area contributed by atoms with Gasteiger partial charge in [-0.1, -0.05) is 376 Å². The van der Waals surface area contributed by atoms with Gasteiger partial charge in [0, 0.05) is 25.7 Å². The van der Waals surface area contributed by atoms with E-state index in [1.165, 1.54) is 231 Å². The Morgan fingerprint density at radius 2 is 0.505 bits per heavy atom. The van der Waals surface area contributed by atoms with E-state index in [2.05, 4.69) is 48.5 Å². The quantitative estimate of drug-likeness (QED) is 0.0222. The summed E-state index contributed by atoms with van der Waals surface area (Å²) in [4.78, 5) is 73.1. The Morgan fingerprint density at radius 3 is 0.752 bits per heavy atom. The van der Waals surface area contributed by atoms with E-state index in [9.17, 15) is 43.2 Å². The smallest absolute Gasteiger partial charge is 0.462 e. The maximum Gasteiger partial charge on any atom is 0.472 e. The number of aliphatic hydroxyl groups excluding tert-OH is 1. The van der Waals surface area contributed by atoms with E-state index >= 15 is 0 Å². The van der Waals surface area contributed by atoms with Crippen molar-refractivity contribution in [3.63, 3.8) is 0 Å².